The van der Waals surface area contributed by atoms with Gasteiger partial charge >= 0.3 is 0 Å². The molecule has 0 amide bonds. The molecule has 4 N–H and O–H groups in total. The molecule has 0 saturated heterocycles. The molecule has 1 atom stereocenters. The first-order valence-corrected chi connectivity index (χ1v) is 9.10. The van der Waals surface area contributed by atoms with Crippen molar-refractivity contribution in [2.45, 2.75) is 26.5 Å². The van der Waals surface area contributed by atoms with Gasteiger partial charge in [0.1, 0.15) is 6.61 Å². The Morgan fingerprint density at radius 3 is 2.46 bits per heavy atom. The first-order valence-electron chi connectivity index (χ1n) is 9.10. The zero-order chi connectivity index (χ0) is 20.4. The molecule has 3 rings (SSSR count). The maximum absolute atomic E-state index is 12.3. The van der Waals surface area contributed by atoms with Crippen molar-refractivity contribution in [3.05, 3.63) is 71.4 Å². The van der Waals surface area contributed by atoms with E-state index in [2.05, 4.69) is 17.1 Å². The molecule has 28 heavy (non-hydrogen) atoms. The van der Waals surface area contributed by atoms with Gasteiger partial charge in [0.25, 0.3) is 6.47 Å². The average molecular weight is 382 g/mol. The van der Waals surface area contributed by atoms with E-state index in [9.17, 15) is 4.79 Å². The summed E-state index contributed by atoms with van der Waals surface area (Å²) in [5, 5.41) is 8.06. The minimum atomic E-state index is -0.250. The predicted octanol–water partition coefficient (Wildman–Crippen LogP) is 3.29. The lowest BCUT2D eigenvalue weighted by atomic mass is 10.0. The monoisotopic (exact) mass is 382 g/mol. The highest BCUT2D eigenvalue weighted by Gasteiger charge is 2.15. The first kappa shape index (κ1) is 21.3. The van der Waals surface area contributed by atoms with E-state index in [1.807, 2.05) is 49.4 Å². The fourth-order valence-electron chi connectivity index (χ4n) is 2.87. The number of hydrogen-bond acceptors (Lipinski definition) is 4. The molecule has 6 nitrogen and oxygen atoms in total. The van der Waals surface area contributed by atoms with E-state index in [1.165, 1.54) is 5.39 Å². The van der Waals surface area contributed by atoms with Gasteiger partial charge in [-0.05, 0) is 35.1 Å². The van der Waals surface area contributed by atoms with Crippen molar-refractivity contribution in [1.82, 2.24) is 4.98 Å². The van der Waals surface area contributed by atoms with Crippen molar-refractivity contribution < 1.29 is 19.4 Å². The molecule has 0 aliphatic carbocycles. The Bertz CT molecular complexity index is 854. The third kappa shape index (κ3) is 6.33. The van der Waals surface area contributed by atoms with Gasteiger partial charge in [-0.2, -0.15) is 0 Å². The Morgan fingerprint density at radius 1 is 1.18 bits per heavy atom. The predicted molar refractivity (Wildman–Crippen MR) is 109 cm³/mol. The number of benzene rings is 2. The molecule has 0 radical (unpaired) electrons. The summed E-state index contributed by atoms with van der Waals surface area (Å²) in [7, 11) is 0. The van der Waals surface area contributed by atoms with E-state index in [1.54, 1.807) is 0 Å². The maximum atomic E-state index is 12.3. The van der Waals surface area contributed by atoms with E-state index in [-0.39, 0.29) is 24.8 Å². The average Bonchev–Trinajstić information content (AvgIpc) is 3.11. The fraction of sp³-hybridized carbons (Fsp3) is 0.273. The van der Waals surface area contributed by atoms with Crippen LogP contribution in [0.5, 0.6) is 0 Å². The van der Waals surface area contributed by atoms with Crippen LogP contribution >= 0.6 is 0 Å². The quantitative estimate of drug-likeness (QED) is 0.519. The summed E-state index contributed by atoms with van der Waals surface area (Å²) < 4.78 is 5.58. The van der Waals surface area contributed by atoms with Gasteiger partial charge in [-0.25, -0.2) is 0 Å². The number of nitrogens with one attached hydrogen (secondary N) is 1. The van der Waals surface area contributed by atoms with E-state index in [0.717, 1.165) is 22.3 Å². The molecule has 0 aliphatic heterocycles. The summed E-state index contributed by atoms with van der Waals surface area (Å²) in [6.07, 6.45) is 0.696. The van der Waals surface area contributed by atoms with E-state index in [0.29, 0.717) is 19.6 Å². The Balaban J connectivity index is 0.000000878. The van der Waals surface area contributed by atoms with Crippen molar-refractivity contribution in [2.75, 3.05) is 6.61 Å². The van der Waals surface area contributed by atoms with E-state index in [4.69, 9.17) is 20.4 Å². The molecule has 0 saturated carbocycles. The number of aromatic amines is 1. The number of nitrogens with two attached hydrogens (primary N) is 1. The van der Waals surface area contributed by atoms with Crippen LogP contribution in [0.3, 0.4) is 0 Å². The van der Waals surface area contributed by atoms with E-state index >= 15 is 0 Å². The Hall–Kier alpha value is -2.96. The topological polar surface area (TPSA) is 105 Å². The third-order valence-corrected chi connectivity index (χ3v) is 4.43. The highest BCUT2D eigenvalue weighted by molar-refractivity contribution is 5.83. The number of hydrogen-bond donors (Lipinski definition) is 3. The standard InChI is InChI=1S/C21H24N2O2.CH2O2/c1-15(10-19-11-18-4-2-3-5-20(18)23-19)21(24)14-25-13-17-8-6-16(12-22)7-9-17;2-1-3/h2-9,11,15,23H,10,12-14,22H2,1H3;1H,(H,2,3)/t15-;/m1./s1. The van der Waals surface area contributed by atoms with Gasteiger partial charge in [0.15, 0.2) is 5.78 Å². The second-order valence-corrected chi connectivity index (χ2v) is 6.57. The molecule has 0 bridgehead atoms. The first-order chi connectivity index (χ1) is 13.6. The summed E-state index contributed by atoms with van der Waals surface area (Å²) in [4.78, 5) is 24.0. The fourth-order valence-corrected chi connectivity index (χ4v) is 2.87. The van der Waals surface area contributed by atoms with Crippen molar-refractivity contribution in [1.29, 1.82) is 0 Å². The molecule has 0 aliphatic rings. The van der Waals surface area contributed by atoms with Crippen LogP contribution in [0.4, 0.5) is 0 Å². The number of carboxylic acid groups (broad SMARTS) is 1. The second-order valence-electron chi connectivity index (χ2n) is 6.57. The number of para-hydroxylation sites is 1. The molecular weight excluding hydrogens is 356 g/mol. The number of carbonyl (C=O) groups excluding carboxylic acids is 1. The maximum Gasteiger partial charge on any atom is 0.290 e. The molecule has 6 heteroatoms. The highest BCUT2D eigenvalue weighted by atomic mass is 16.5. The van der Waals surface area contributed by atoms with E-state index < -0.39 is 0 Å². The lowest BCUT2D eigenvalue weighted by molar-refractivity contribution is -0.127. The van der Waals surface area contributed by atoms with Gasteiger partial charge in [0.2, 0.25) is 0 Å². The van der Waals surface area contributed by atoms with Crippen molar-refractivity contribution in [3.8, 4) is 0 Å². The van der Waals surface area contributed by atoms with Crippen LogP contribution in [0.15, 0.2) is 54.6 Å². The third-order valence-electron chi connectivity index (χ3n) is 4.43. The van der Waals surface area contributed by atoms with Crippen molar-refractivity contribution in [2.24, 2.45) is 11.7 Å². The molecule has 148 valence electrons. The minimum absolute atomic E-state index is 0.0762. The minimum Gasteiger partial charge on any atom is -0.483 e. The molecular formula is C22H26N2O4. The van der Waals surface area contributed by atoms with Crippen LogP contribution in [-0.4, -0.2) is 29.0 Å². The molecule has 0 unspecified atom stereocenters. The lowest BCUT2D eigenvalue weighted by Crippen LogP contribution is -2.19. The summed E-state index contributed by atoms with van der Waals surface area (Å²) >= 11 is 0. The lowest BCUT2D eigenvalue weighted by Gasteiger charge is -2.10. The van der Waals surface area contributed by atoms with Gasteiger partial charge < -0.3 is 20.6 Å². The van der Waals surface area contributed by atoms with Crippen molar-refractivity contribution >= 4 is 23.2 Å². The Morgan fingerprint density at radius 2 is 1.82 bits per heavy atom. The normalized spacial score (nSPS) is 11.5. The summed E-state index contributed by atoms with van der Waals surface area (Å²) in [5.41, 5.74) is 9.91. The molecule has 0 fully saturated rings. The number of H-pyrrole nitrogens is 1. The number of carbonyl (C=O) groups is 2. The number of fused-ring (bicyclic) bond motifs is 1. The Labute approximate surface area is 164 Å². The number of ether oxygens (including phenoxy) is 1. The zero-order valence-corrected chi connectivity index (χ0v) is 15.9. The molecule has 1 aromatic heterocycles. The van der Waals surface area contributed by atoms with Gasteiger partial charge in [-0.15, -0.1) is 0 Å². The van der Waals surface area contributed by atoms with Crippen LogP contribution in [0.2, 0.25) is 0 Å². The van der Waals surface area contributed by atoms with Gasteiger partial charge in [-0.3, -0.25) is 9.59 Å². The Kier molecular flexibility index (Phi) is 8.39. The number of Topliss-reactive ketones (excluding diaryl/α,β-unsaturated/α-hetero) is 1. The summed E-state index contributed by atoms with van der Waals surface area (Å²) in [6, 6.07) is 18.2. The van der Waals surface area contributed by atoms with Gasteiger partial charge in [0.05, 0.1) is 6.61 Å². The number of aromatic nitrogens is 1. The van der Waals surface area contributed by atoms with Crippen LogP contribution in [0.1, 0.15) is 23.7 Å². The van der Waals surface area contributed by atoms with Crippen LogP contribution in [0.25, 0.3) is 10.9 Å². The zero-order valence-electron chi connectivity index (χ0n) is 15.9. The second kappa shape index (κ2) is 11.0. The molecule has 3 aromatic rings. The van der Waals surface area contributed by atoms with Gasteiger partial charge in [0, 0.05) is 23.7 Å². The summed E-state index contributed by atoms with van der Waals surface area (Å²) in [5.74, 6) is 0.0462. The smallest absolute Gasteiger partial charge is 0.290 e. The van der Waals surface area contributed by atoms with Gasteiger partial charge in [-0.1, -0.05) is 49.4 Å². The van der Waals surface area contributed by atoms with Crippen molar-refractivity contribution in [3.63, 3.8) is 0 Å². The van der Waals surface area contributed by atoms with Crippen LogP contribution < -0.4 is 5.73 Å². The van der Waals surface area contributed by atoms with Crippen LogP contribution in [0, 0.1) is 5.92 Å². The van der Waals surface area contributed by atoms with Crippen LogP contribution in [-0.2, 0) is 33.9 Å². The SMILES string of the molecule is C[C@H](Cc1cc2ccccc2[nH]1)C(=O)COCc1ccc(CN)cc1.O=CO. The molecule has 1 heterocycles. The largest absolute Gasteiger partial charge is 0.483 e. The highest BCUT2D eigenvalue weighted by Crippen LogP contribution is 2.17. The number of ketones is 1. The summed E-state index contributed by atoms with van der Waals surface area (Å²) in [6.45, 7) is 2.81. The molecule has 2 aromatic carbocycles. The number of rotatable bonds is 8. The molecule has 0 spiro atoms.